The summed E-state index contributed by atoms with van der Waals surface area (Å²) in [7, 11) is 0. The molecule has 0 saturated carbocycles. The van der Waals surface area contributed by atoms with E-state index in [0.717, 1.165) is 0 Å². The highest BCUT2D eigenvalue weighted by Gasteiger charge is 2.21. The topological polar surface area (TPSA) is 66.4 Å². The summed E-state index contributed by atoms with van der Waals surface area (Å²) >= 11 is 0. The fourth-order valence-electron chi connectivity index (χ4n) is 1.14. The Morgan fingerprint density at radius 2 is 2.00 bits per heavy atom. The predicted molar refractivity (Wildman–Crippen MR) is 49.2 cm³/mol. The third-order valence-corrected chi connectivity index (χ3v) is 2.36. The summed E-state index contributed by atoms with van der Waals surface area (Å²) in [5.41, 5.74) is 0. The van der Waals surface area contributed by atoms with Gasteiger partial charge in [-0.05, 0) is 11.8 Å². The quantitative estimate of drug-likeness (QED) is 0.606. The normalized spacial score (nSPS) is 15.1. The summed E-state index contributed by atoms with van der Waals surface area (Å²) in [6, 6.07) is -0.269. The molecule has 2 N–H and O–H groups in total. The highest BCUT2D eigenvalue weighted by atomic mass is 16.4. The van der Waals surface area contributed by atoms with Crippen LogP contribution in [0.25, 0.3) is 0 Å². The molecule has 76 valence electrons. The molecule has 0 saturated heterocycles. The van der Waals surface area contributed by atoms with Crippen molar-refractivity contribution in [1.82, 2.24) is 5.32 Å². The van der Waals surface area contributed by atoms with Gasteiger partial charge in [-0.25, -0.2) is 0 Å². The van der Waals surface area contributed by atoms with Gasteiger partial charge in [-0.2, -0.15) is 0 Å². The molecule has 0 aliphatic rings. The van der Waals surface area contributed by atoms with E-state index in [1.54, 1.807) is 0 Å². The molecular formula is C9H17NO3. The van der Waals surface area contributed by atoms with Crippen LogP contribution in [0.2, 0.25) is 0 Å². The molecule has 4 nitrogen and oxygen atoms in total. The monoisotopic (exact) mass is 187 g/mol. The molecule has 2 atom stereocenters. The SMILES string of the molecule is CC(C)C(C)[C@H](CC(=O)O)NC=O. The summed E-state index contributed by atoms with van der Waals surface area (Å²) < 4.78 is 0. The van der Waals surface area contributed by atoms with Crippen LogP contribution in [-0.4, -0.2) is 23.5 Å². The van der Waals surface area contributed by atoms with Crippen LogP contribution in [-0.2, 0) is 9.59 Å². The van der Waals surface area contributed by atoms with Crippen molar-refractivity contribution < 1.29 is 14.7 Å². The van der Waals surface area contributed by atoms with Crippen molar-refractivity contribution in [3.8, 4) is 0 Å². The first kappa shape index (κ1) is 11.9. The first-order chi connectivity index (χ1) is 5.99. The Bertz CT molecular complexity index is 180. The number of carboxylic acid groups (broad SMARTS) is 1. The van der Waals surface area contributed by atoms with Crippen molar-refractivity contribution >= 4 is 12.4 Å². The number of carbonyl (C=O) groups excluding carboxylic acids is 1. The highest BCUT2D eigenvalue weighted by Crippen LogP contribution is 2.16. The van der Waals surface area contributed by atoms with Crippen LogP contribution in [0.15, 0.2) is 0 Å². The maximum absolute atomic E-state index is 10.5. The molecule has 4 heteroatoms. The van der Waals surface area contributed by atoms with Crippen molar-refractivity contribution in [3.63, 3.8) is 0 Å². The minimum absolute atomic E-state index is 0.0158. The maximum Gasteiger partial charge on any atom is 0.305 e. The lowest BCUT2D eigenvalue weighted by Gasteiger charge is -2.24. The first-order valence-electron chi connectivity index (χ1n) is 4.40. The van der Waals surface area contributed by atoms with E-state index >= 15 is 0 Å². The minimum atomic E-state index is -0.883. The van der Waals surface area contributed by atoms with E-state index in [1.165, 1.54) is 0 Å². The van der Waals surface area contributed by atoms with Gasteiger partial charge in [0.25, 0.3) is 0 Å². The first-order valence-corrected chi connectivity index (χ1v) is 4.40. The van der Waals surface area contributed by atoms with Gasteiger partial charge < -0.3 is 10.4 Å². The van der Waals surface area contributed by atoms with Crippen molar-refractivity contribution in [1.29, 1.82) is 0 Å². The smallest absolute Gasteiger partial charge is 0.305 e. The molecule has 0 rings (SSSR count). The second-order valence-electron chi connectivity index (χ2n) is 3.59. The lowest BCUT2D eigenvalue weighted by atomic mass is 9.88. The number of carboxylic acids is 1. The average molecular weight is 187 g/mol. The zero-order valence-electron chi connectivity index (χ0n) is 8.28. The second-order valence-corrected chi connectivity index (χ2v) is 3.59. The van der Waals surface area contributed by atoms with Crippen LogP contribution in [0, 0.1) is 11.8 Å². The molecule has 0 aromatic heterocycles. The Balaban J connectivity index is 4.21. The number of amides is 1. The van der Waals surface area contributed by atoms with Crippen molar-refractivity contribution in [2.45, 2.75) is 33.2 Å². The molecular weight excluding hydrogens is 170 g/mol. The van der Waals surface area contributed by atoms with Crippen LogP contribution in [0.3, 0.4) is 0 Å². The average Bonchev–Trinajstić information content (AvgIpc) is 2.01. The maximum atomic E-state index is 10.5. The van der Waals surface area contributed by atoms with Crippen LogP contribution in [0.5, 0.6) is 0 Å². The Morgan fingerprint density at radius 1 is 1.46 bits per heavy atom. The number of hydrogen-bond acceptors (Lipinski definition) is 2. The van der Waals surface area contributed by atoms with Gasteiger partial charge in [-0.3, -0.25) is 9.59 Å². The predicted octanol–water partition coefficient (Wildman–Crippen LogP) is 0.868. The molecule has 0 aromatic carbocycles. The van der Waals surface area contributed by atoms with Gasteiger partial charge in [0.05, 0.1) is 6.42 Å². The van der Waals surface area contributed by atoms with Gasteiger partial charge in [0.1, 0.15) is 0 Å². The van der Waals surface area contributed by atoms with Crippen molar-refractivity contribution in [2.75, 3.05) is 0 Å². The Hall–Kier alpha value is -1.06. The molecule has 0 aliphatic carbocycles. The van der Waals surface area contributed by atoms with Crippen LogP contribution < -0.4 is 5.32 Å². The second kappa shape index (κ2) is 5.56. The third-order valence-electron chi connectivity index (χ3n) is 2.36. The summed E-state index contributed by atoms with van der Waals surface area (Å²) in [6.45, 7) is 5.95. The van der Waals surface area contributed by atoms with Gasteiger partial charge in [0.15, 0.2) is 0 Å². The van der Waals surface area contributed by atoms with E-state index in [4.69, 9.17) is 5.11 Å². The van der Waals surface area contributed by atoms with E-state index in [1.807, 2.05) is 20.8 Å². The Morgan fingerprint density at radius 3 is 2.31 bits per heavy atom. The fourth-order valence-corrected chi connectivity index (χ4v) is 1.14. The number of nitrogens with one attached hydrogen (secondary N) is 1. The molecule has 0 aromatic rings. The van der Waals surface area contributed by atoms with Crippen LogP contribution in [0.1, 0.15) is 27.2 Å². The van der Waals surface area contributed by atoms with Gasteiger partial charge in [-0.1, -0.05) is 20.8 Å². The van der Waals surface area contributed by atoms with Gasteiger partial charge in [0.2, 0.25) is 6.41 Å². The Kier molecular flexibility index (Phi) is 5.11. The standard InChI is InChI=1S/C9H17NO3/c1-6(2)7(3)8(10-5-11)4-9(12)13/h5-8H,4H2,1-3H3,(H,10,11)(H,12,13)/t7?,8-/m0/s1. The molecule has 0 fully saturated rings. The lowest BCUT2D eigenvalue weighted by Crippen LogP contribution is -2.38. The molecule has 0 spiro atoms. The van der Waals surface area contributed by atoms with Gasteiger partial charge in [0, 0.05) is 6.04 Å². The van der Waals surface area contributed by atoms with E-state index in [2.05, 4.69) is 5.32 Å². The summed E-state index contributed by atoms with van der Waals surface area (Å²) in [5.74, 6) is -0.357. The fraction of sp³-hybridized carbons (Fsp3) is 0.778. The molecule has 0 aliphatic heterocycles. The largest absolute Gasteiger partial charge is 0.481 e. The van der Waals surface area contributed by atoms with Gasteiger partial charge >= 0.3 is 5.97 Å². The summed E-state index contributed by atoms with van der Waals surface area (Å²) in [4.78, 5) is 20.7. The number of carbonyl (C=O) groups is 2. The van der Waals surface area contributed by atoms with E-state index in [0.29, 0.717) is 12.3 Å². The van der Waals surface area contributed by atoms with Gasteiger partial charge in [-0.15, -0.1) is 0 Å². The molecule has 0 radical (unpaired) electrons. The van der Waals surface area contributed by atoms with Crippen LogP contribution >= 0.6 is 0 Å². The van der Waals surface area contributed by atoms with Crippen molar-refractivity contribution in [3.05, 3.63) is 0 Å². The highest BCUT2D eigenvalue weighted by molar-refractivity contribution is 5.68. The van der Waals surface area contributed by atoms with E-state index < -0.39 is 5.97 Å². The summed E-state index contributed by atoms with van der Waals surface area (Å²) in [5, 5.41) is 11.1. The molecule has 0 bridgehead atoms. The van der Waals surface area contributed by atoms with Crippen molar-refractivity contribution in [2.24, 2.45) is 11.8 Å². The lowest BCUT2D eigenvalue weighted by molar-refractivity contribution is -0.138. The third kappa shape index (κ3) is 4.50. The molecule has 1 amide bonds. The van der Waals surface area contributed by atoms with Crippen LogP contribution in [0.4, 0.5) is 0 Å². The molecule has 1 unspecified atom stereocenters. The Labute approximate surface area is 78.3 Å². The zero-order valence-corrected chi connectivity index (χ0v) is 8.28. The zero-order chi connectivity index (χ0) is 10.4. The van der Waals surface area contributed by atoms with E-state index in [-0.39, 0.29) is 18.4 Å². The molecule has 0 heterocycles. The minimum Gasteiger partial charge on any atom is -0.481 e. The number of hydrogen-bond donors (Lipinski definition) is 2. The number of aliphatic carboxylic acids is 1. The summed E-state index contributed by atoms with van der Waals surface area (Å²) in [6.07, 6.45) is 0.546. The molecule has 13 heavy (non-hydrogen) atoms. The number of rotatable bonds is 6. The van der Waals surface area contributed by atoms with E-state index in [9.17, 15) is 9.59 Å².